The number of hydrogen-bond donors (Lipinski definition) is 1. The third kappa shape index (κ3) is 3.06. The van der Waals surface area contributed by atoms with Crippen LogP contribution in [0.25, 0.3) is 0 Å². The summed E-state index contributed by atoms with van der Waals surface area (Å²) in [5.41, 5.74) is 3.46. The van der Waals surface area contributed by atoms with E-state index in [1.54, 1.807) is 5.57 Å². The minimum atomic E-state index is -0.193. The van der Waals surface area contributed by atoms with Crippen molar-refractivity contribution in [1.82, 2.24) is 0 Å². The van der Waals surface area contributed by atoms with Gasteiger partial charge in [-0.2, -0.15) is 0 Å². The first-order valence-corrected chi connectivity index (χ1v) is 13.6. The van der Waals surface area contributed by atoms with Gasteiger partial charge < -0.3 is 9.84 Å². The minimum Gasteiger partial charge on any atom is -0.462 e. The van der Waals surface area contributed by atoms with Gasteiger partial charge >= 0.3 is 5.97 Å². The zero-order valence-corrected chi connectivity index (χ0v) is 22.0. The SMILES string of the molecule is CC(C)=CCC[C@H]1C(=O)O[C@H]2C[C@]3(C)C4=CC[C@H]5C(C)(C)[C@H](O)CC[C@]5(C)[C@@H]4CC[C@@]3(C)[C@@H]21. The zero-order chi connectivity index (χ0) is 24.0. The Labute approximate surface area is 201 Å². The highest BCUT2D eigenvalue weighted by Crippen LogP contribution is 2.74. The molecule has 1 aliphatic heterocycles. The van der Waals surface area contributed by atoms with Gasteiger partial charge in [-0.25, -0.2) is 0 Å². The fourth-order valence-electron chi connectivity index (χ4n) is 9.83. The summed E-state index contributed by atoms with van der Waals surface area (Å²) >= 11 is 0. The van der Waals surface area contributed by atoms with Crippen LogP contribution in [0.1, 0.15) is 99.8 Å². The summed E-state index contributed by atoms with van der Waals surface area (Å²) in [5.74, 6) is 1.58. The Morgan fingerprint density at radius 1 is 1.15 bits per heavy atom. The number of carbonyl (C=O) groups is 1. The molecular weight excluding hydrogens is 408 g/mol. The van der Waals surface area contributed by atoms with Crippen molar-refractivity contribution in [2.45, 2.75) is 112 Å². The van der Waals surface area contributed by atoms with E-state index in [9.17, 15) is 9.90 Å². The molecule has 4 fully saturated rings. The van der Waals surface area contributed by atoms with Gasteiger partial charge in [-0.15, -0.1) is 0 Å². The first kappa shape index (κ1) is 23.6. The average molecular weight is 455 g/mol. The topological polar surface area (TPSA) is 46.5 Å². The fraction of sp³-hybridized carbons (Fsp3) is 0.833. The molecule has 3 saturated carbocycles. The Balaban J connectivity index is 1.49. The number of hydrogen-bond acceptors (Lipinski definition) is 3. The van der Waals surface area contributed by atoms with E-state index in [-0.39, 0.29) is 45.8 Å². The van der Waals surface area contributed by atoms with Crippen LogP contribution >= 0.6 is 0 Å². The van der Waals surface area contributed by atoms with E-state index in [4.69, 9.17) is 4.74 Å². The average Bonchev–Trinajstić information content (AvgIpc) is 3.14. The summed E-state index contributed by atoms with van der Waals surface area (Å²) in [4.78, 5) is 12.9. The van der Waals surface area contributed by atoms with E-state index in [2.05, 4.69) is 60.6 Å². The Hall–Kier alpha value is -1.09. The van der Waals surface area contributed by atoms with Crippen molar-refractivity contribution in [3.8, 4) is 0 Å². The van der Waals surface area contributed by atoms with Crippen molar-refractivity contribution in [3.63, 3.8) is 0 Å². The number of ether oxygens (including phenoxy) is 1. The van der Waals surface area contributed by atoms with E-state index in [1.807, 2.05) is 0 Å². The highest BCUT2D eigenvalue weighted by Gasteiger charge is 2.70. The molecule has 0 spiro atoms. The molecule has 0 aromatic carbocycles. The van der Waals surface area contributed by atoms with Crippen LogP contribution in [0, 0.1) is 45.3 Å². The van der Waals surface area contributed by atoms with Crippen LogP contribution in [0.15, 0.2) is 23.3 Å². The third-order valence-electron chi connectivity index (χ3n) is 11.9. The highest BCUT2D eigenvalue weighted by atomic mass is 16.6. The quantitative estimate of drug-likeness (QED) is 0.375. The van der Waals surface area contributed by atoms with Gasteiger partial charge in [0, 0.05) is 5.92 Å². The summed E-state index contributed by atoms with van der Waals surface area (Å²) in [6.07, 6.45) is 13.2. The lowest BCUT2D eigenvalue weighted by Gasteiger charge is -2.64. The Bertz CT molecular complexity index is 894. The van der Waals surface area contributed by atoms with Crippen molar-refractivity contribution in [1.29, 1.82) is 0 Å². The molecule has 0 aromatic rings. The molecule has 0 amide bonds. The molecule has 1 N–H and O–H groups in total. The van der Waals surface area contributed by atoms with E-state index in [0.29, 0.717) is 17.8 Å². The number of carbonyl (C=O) groups excluding carboxylic acids is 1. The fourth-order valence-corrected chi connectivity index (χ4v) is 9.83. The van der Waals surface area contributed by atoms with Gasteiger partial charge in [0.2, 0.25) is 0 Å². The number of esters is 1. The predicted octanol–water partition coefficient (Wildman–Crippen LogP) is 6.85. The zero-order valence-electron chi connectivity index (χ0n) is 22.0. The van der Waals surface area contributed by atoms with Crippen LogP contribution in [0.4, 0.5) is 0 Å². The van der Waals surface area contributed by atoms with Crippen LogP contribution in [0.5, 0.6) is 0 Å². The number of fused-ring (bicyclic) bond motifs is 7. The molecule has 0 aromatic heterocycles. The molecule has 9 atom stereocenters. The largest absolute Gasteiger partial charge is 0.462 e. The van der Waals surface area contributed by atoms with Crippen molar-refractivity contribution in [2.75, 3.05) is 0 Å². The molecular formula is C30H46O3. The Morgan fingerprint density at radius 3 is 2.58 bits per heavy atom. The van der Waals surface area contributed by atoms with Crippen molar-refractivity contribution in [3.05, 3.63) is 23.3 Å². The number of aliphatic hydroxyl groups excluding tert-OH is 1. The van der Waals surface area contributed by atoms with Gasteiger partial charge in [0.05, 0.1) is 12.0 Å². The normalized spacial score (nSPS) is 49.8. The van der Waals surface area contributed by atoms with Crippen LogP contribution in [-0.4, -0.2) is 23.3 Å². The molecule has 4 aliphatic carbocycles. The third-order valence-corrected chi connectivity index (χ3v) is 11.9. The van der Waals surface area contributed by atoms with Crippen molar-refractivity contribution >= 4 is 5.97 Å². The summed E-state index contributed by atoms with van der Waals surface area (Å²) < 4.78 is 6.12. The van der Waals surface area contributed by atoms with E-state index >= 15 is 0 Å². The molecule has 0 bridgehead atoms. The molecule has 3 heteroatoms. The minimum absolute atomic E-state index is 0.0333. The van der Waals surface area contributed by atoms with Crippen LogP contribution < -0.4 is 0 Å². The first-order chi connectivity index (χ1) is 15.4. The predicted molar refractivity (Wildman–Crippen MR) is 132 cm³/mol. The maximum atomic E-state index is 12.9. The summed E-state index contributed by atoms with van der Waals surface area (Å²) in [7, 11) is 0. The second-order valence-corrected chi connectivity index (χ2v) is 13.8. The molecule has 1 saturated heterocycles. The lowest BCUT2D eigenvalue weighted by Crippen LogP contribution is -2.58. The van der Waals surface area contributed by atoms with Gasteiger partial charge in [0.25, 0.3) is 0 Å². The second kappa shape index (κ2) is 7.45. The summed E-state index contributed by atoms with van der Waals surface area (Å²) in [5, 5.41) is 10.8. The molecule has 3 nitrogen and oxygen atoms in total. The molecule has 33 heavy (non-hydrogen) atoms. The van der Waals surface area contributed by atoms with Crippen LogP contribution in [0.2, 0.25) is 0 Å². The molecule has 1 heterocycles. The molecule has 0 radical (unpaired) electrons. The van der Waals surface area contributed by atoms with Crippen molar-refractivity contribution < 1.29 is 14.6 Å². The molecule has 5 rings (SSSR count). The Kier molecular flexibility index (Phi) is 5.34. The van der Waals surface area contributed by atoms with Gasteiger partial charge in [-0.1, -0.05) is 57.9 Å². The second-order valence-electron chi connectivity index (χ2n) is 13.8. The smallest absolute Gasteiger partial charge is 0.309 e. The highest BCUT2D eigenvalue weighted by molar-refractivity contribution is 5.76. The standard InChI is InChI=1S/C30H46O3/c1-18(2)9-8-10-19-25-22(33-26(19)32)17-30(7)21-11-12-23-27(3,4)24(31)14-15-28(23,5)20(21)13-16-29(25,30)6/h9,11,19-20,22-25,31H,8,10,12-17H2,1-7H3/t19-,20-,22+,23+,24-,25-,28-,29+,30-/m1/s1. The van der Waals surface area contributed by atoms with Crippen LogP contribution in [-0.2, 0) is 9.53 Å². The van der Waals surface area contributed by atoms with Gasteiger partial charge in [0.15, 0.2) is 0 Å². The molecule has 5 aliphatic rings. The van der Waals surface area contributed by atoms with Gasteiger partial charge in [-0.05, 0) is 98.7 Å². The lowest BCUT2D eigenvalue weighted by molar-refractivity contribution is -0.147. The summed E-state index contributed by atoms with van der Waals surface area (Å²) in [6.45, 7) is 16.4. The molecule has 184 valence electrons. The van der Waals surface area contributed by atoms with Crippen LogP contribution in [0.3, 0.4) is 0 Å². The van der Waals surface area contributed by atoms with Gasteiger partial charge in [0.1, 0.15) is 6.10 Å². The summed E-state index contributed by atoms with van der Waals surface area (Å²) in [6, 6.07) is 0. The maximum absolute atomic E-state index is 12.9. The maximum Gasteiger partial charge on any atom is 0.309 e. The monoisotopic (exact) mass is 454 g/mol. The first-order valence-electron chi connectivity index (χ1n) is 13.6. The van der Waals surface area contributed by atoms with E-state index in [1.165, 1.54) is 18.4 Å². The van der Waals surface area contributed by atoms with Gasteiger partial charge in [-0.3, -0.25) is 4.79 Å². The number of allylic oxidation sites excluding steroid dienone is 4. The molecule has 0 unspecified atom stereocenters. The lowest BCUT2D eigenvalue weighted by atomic mass is 9.41. The number of rotatable bonds is 3. The Morgan fingerprint density at radius 2 is 1.88 bits per heavy atom. The number of aliphatic hydroxyl groups is 1. The van der Waals surface area contributed by atoms with E-state index < -0.39 is 0 Å². The van der Waals surface area contributed by atoms with E-state index in [0.717, 1.165) is 38.5 Å². The van der Waals surface area contributed by atoms with Crippen molar-refractivity contribution in [2.24, 2.45) is 45.3 Å².